The Balaban J connectivity index is 2.34. The minimum atomic E-state index is 0.564. The van der Waals surface area contributed by atoms with Gasteiger partial charge >= 0.3 is 0 Å². The Kier molecular flexibility index (Phi) is 1.24. The van der Waals surface area contributed by atoms with E-state index in [1.165, 1.54) is 17.7 Å². The van der Waals surface area contributed by atoms with Crippen LogP contribution in [0.4, 0.5) is 0 Å². The molecule has 0 fully saturated rings. The summed E-state index contributed by atoms with van der Waals surface area (Å²) in [5.74, 6) is 0.564. The lowest BCUT2D eigenvalue weighted by molar-refractivity contribution is 0.681. The third-order valence-corrected chi connectivity index (χ3v) is 2.22. The van der Waals surface area contributed by atoms with Gasteiger partial charge in [-0.15, -0.1) is 0 Å². The summed E-state index contributed by atoms with van der Waals surface area (Å²) in [6, 6.07) is 0. The average molecular weight is 137 g/mol. The topological polar surface area (TPSA) is 54.7 Å². The van der Waals surface area contributed by atoms with Gasteiger partial charge in [-0.2, -0.15) is 5.10 Å². The number of hydrogen-bond donors (Lipinski definition) is 2. The summed E-state index contributed by atoms with van der Waals surface area (Å²) < 4.78 is 0. The first kappa shape index (κ1) is 5.92. The second-order valence-electron chi connectivity index (χ2n) is 2.78. The van der Waals surface area contributed by atoms with Crippen LogP contribution in [0, 0.1) is 0 Å². The van der Waals surface area contributed by atoms with Crippen LogP contribution in [0.5, 0.6) is 0 Å². The van der Waals surface area contributed by atoms with E-state index in [0.29, 0.717) is 5.92 Å². The summed E-state index contributed by atoms with van der Waals surface area (Å²) in [5.41, 5.74) is 8.19. The van der Waals surface area contributed by atoms with E-state index in [1.807, 2.05) is 6.20 Å². The third kappa shape index (κ3) is 0.671. The first-order chi connectivity index (χ1) is 4.92. The number of nitrogens with one attached hydrogen (secondary N) is 1. The van der Waals surface area contributed by atoms with E-state index in [2.05, 4.69) is 10.2 Å². The standard InChI is InChI=1S/C7H11N3/c8-3-5-1-2-7-6(5)4-9-10-7/h4-5H,1-3,8H2,(H,9,10). The molecule has 3 N–H and O–H groups in total. The van der Waals surface area contributed by atoms with Gasteiger partial charge in [0.1, 0.15) is 0 Å². The second-order valence-corrected chi connectivity index (χ2v) is 2.78. The lowest BCUT2D eigenvalue weighted by Crippen LogP contribution is -2.08. The molecule has 0 aromatic carbocycles. The molecule has 0 spiro atoms. The van der Waals surface area contributed by atoms with Crippen molar-refractivity contribution in [3.05, 3.63) is 17.5 Å². The zero-order chi connectivity index (χ0) is 6.97. The number of H-pyrrole nitrogens is 1. The highest BCUT2D eigenvalue weighted by Gasteiger charge is 2.22. The van der Waals surface area contributed by atoms with Crippen LogP contribution in [-0.2, 0) is 6.42 Å². The SMILES string of the molecule is NCC1CCc2[nH]ncc21. The van der Waals surface area contributed by atoms with Gasteiger partial charge < -0.3 is 5.73 Å². The molecule has 0 bridgehead atoms. The average Bonchev–Trinajstić information content (AvgIpc) is 2.44. The fourth-order valence-corrected chi connectivity index (χ4v) is 1.59. The Bertz CT molecular complexity index is 229. The maximum atomic E-state index is 5.57. The lowest BCUT2D eigenvalue weighted by atomic mass is 10.1. The molecule has 1 aromatic rings. The van der Waals surface area contributed by atoms with E-state index >= 15 is 0 Å². The van der Waals surface area contributed by atoms with Crippen molar-refractivity contribution in [2.75, 3.05) is 6.54 Å². The van der Waals surface area contributed by atoms with Crippen LogP contribution in [-0.4, -0.2) is 16.7 Å². The van der Waals surface area contributed by atoms with Gasteiger partial charge in [0.25, 0.3) is 0 Å². The summed E-state index contributed by atoms with van der Waals surface area (Å²) in [4.78, 5) is 0. The third-order valence-electron chi connectivity index (χ3n) is 2.22. The fourth-order valence-electron chi connectivity index (χ4n) is 1.59. The van der Waals surface area contributed by atoms with Crippen molar-refractivity contribution in [3.8, 4) is 0 Å². The van der Waals surface area contributed by atoms with Gasteiger partial charge in [0.05, 0.1) is 6.20 Å². The molecule has 1 unspecified atom stereocenters. The number of fused-ring (bicyclic) bond motifs is 1. The summed E-state index contributed by atoms with van der Waals surface area (Å²) in [7, 11) is 0. The second kappa shape index (κ2) is 2.09. The largest absolute Gasteiger partial charge is 0.330 e. The number of nitrogens with two attached hydrogens (primary N) is 1. The van der Waals surface area contributed by atoms with Crippen LogP contribution in [0.25, 0.3) is 0 Å². The molecule has 3 heteroatoms. The molecule has 1 heterocycles. The molecule has 3 nitrogen and oxygen atoms in total. The van der Waals surface area contributed by atoms with Crippen molar-refractivity contribution >= 4 is 0 Å². The molecule has 1 atom stereocenters. The van der Waals surface area contributed by atoms with Gasteiger partial charge in [-0.3, -0.25) is 5.10 Å². The fraction of sp³-hybridized carbons (Fsp3) is 0.571. The smallest absolute Gasteiger partial charge is 0.0525 e. The molecule has 0 saturated carbocycles. The summed E-state index contributed by atoms with van der Waals surface area (Å²) >= 11 is 0. The van der Waals surface area contributed by atoms with E-state index < -0.39 is 0 Å². The molecular weight excluding hydrogens is 126 g/mol. The number of aromatic amines is 1. The first-order valence-electron chi connectivity index (χ1n) is 3.64. The number of nitrogens with zero attached hydrogens (tertiary/aromatic N) is 1. The number of aryl methyl sites for hydroxylation is 1. The van der Waals surface area contributed by atoms with Gasteiger partial charge in [0.2, 0.25) is 0 Å². The molecule has 54 valence electrons. The van der Waals surface area contributed by atoms with Crippen molar-refractivity contribution in [2.45, 2.75) is 18.8 Å². The number of hydrogen-bond acceptors (Lipinski definition) is 2. The van der Waals surface area contributed by atoms with Gasteiger partial charge in [-0.1, -0.05) is 0 Å². The zero-order valence-corrected chi connectivity index (χ0v) is 5.80. The van der Waals surface area contributed by atoms with E-state index in [1.54, 1.807) is 0 Å². The van der Waals surface area contributed by atoms with Crippen LogP contribution >= 0.6 is 0 Å². The molecule has 0 aliphatic heterocycles. The predicted octanol–water partition coefficient (Wildman–Crippen LogP) is 0.398. The van der Waals surface area contributed by atoms with Gasteiger partial charge in [0, 0.05) is 5.69 Å². The normalized spacial score (nSPS) is 23.1. The first-order valence-corrected chi connectivity index (χ1v) is 3.64. The molecular formula is C7H11N3. The predicted molar refractivity (Wildman–Crippen MR) is 38.7 cm³/mol. The lowest BCUT2D eigenvalue weighted by Gasteiger charge is -2.02. The minimum absolute atomic E-state index is 0.564. The van der Waals surface area contributed by atoms with Crippen LogP contribution in [0.3, 0.4) is 0 Å². The highest BCUT2D eigenvalue weighted by Crippen LogP contribution is 2.29. The van der Waals surface area contributed by atoms with Crippen molar-refractivity contribution in [3.63, 3.8) is 0 Å². The van der Waals surface area contributed by atoms with Gasteiger partial charge in [-0.05, 0) is 30.9 Å². The van der Waals surface area contributed by atoms with E-state index in [4.69, 9.17) is 5.73 Å². The molecule has 1 aliphatic carbocycles. The zero-order valence-electron chi connectivity index (χ0n) is 5.80. The van der Waals surface area contributed by atoms with Crippen LogP contribution in [0.1, 0.15) is 23.6 Å². The van der Waals surface area contributed by atoms with E-state index in [-0.39, 0.29) is 0 Å². The Morgan fingerprint density at radius 1 is 1.80 bits per heavy atom. The van der Waals surface area contributed by atoms with Gasteiger partial charge in [-0.25, -0.2) is 0 Å². The summed E-state index contributed by atoms with van der Waals surface area (Å²) in [6.45, 7) is 0.756. The molecule has 0 saturated heterocycles. The van der Waals surface area contributed by atoms with Crippen molar-refractivity contribution in [2.24, 2.45) is 5.73 Å². The summed E-state index contributed by atoms with van der Waals surface area (Å²) in [6.07, 6.45) is 4.22. The Morgan fingerprint density at radius 2 is 2.70 bits per heavy atom. The van der Waals surface area contributed by atoms with Crippen molar-refractivity contribution in [1.82, 2.24) is 10.2 Å². The molecule has 0 radical (unpaired) electrons. The minimum Gasteiger partial charge on any atom is -0.330 e. The quantitative estimate of drug-likeness (QED) is 0.588. The molecule has 10 heavy (non-hydrogen) atoms. The van der Waals surface area contributed by atoms with Crippen LogP contribution in [0.2, 0.25) is 0 Å². The monoisotopic (exact) mass is 137 g/mol. The number of aromatic nitrogens is 2. The van der Waals surface area contributed by atoms with Crippen molar-refractivity contribution in [1.29, 1.82) is 0 Å². The Morgan fingerprint density at radius 3 is 3.50 bits per heavy atom. The molecule has 2 rings (SSSR count). The Labute approximate surface area is 59.6 Å². The highest BCUT2D eigenvalue weighted by molar-refractivity contribution is 5.26. The Hall–Kier alpha value is -0.830. The maximum Gasteiger partial charge on any atom is 0.0525 e. The number of rotatable bonds is 1. The van der Waals surface area contributed by atoms with Gasteiger partial charge in [0.15, 0.2) is 0 Å². The molecule has 1 aromatic heterocycles. The molecule has 0 amide bonds. The van der Waals surface area contributed by atoms with Crippen LogP contribution < -0.4 is 5.73 Å². The van der Waals surface area contributed by atoms with Crippen molar-refractivity contribution < 1.29 is 0 Å². The highest BCUT2D eigenvalue weighted by atomic mass is 15.1. The summed E-state index contributed by atoms with van der Waals surface area (Å²) in [5, 5.41) is 6.94. The maximum absolute atomic E-state index is 5.57. The molecule has 1 aliphatic rings. The van der Waals surface area contributed by atoms with E-state index in [0.717, 1.165) is 13.0 Å². The van der Waals surface area contributed by atoms with E-state index in [9.17, 15) is 0 Å². The van der Waals surface area contributed by atoms with Crippen LogP contribution in [0.15, 0.2) is 6.20 Å².